The fourth-order valence-corrected chi connectivity index (χ4v) is 3.24. The molecule has 5 heteroatoms. The summed E-state index contributed by atoms with van der Waals surface area (Å²) >= 11 is 3.45. The van der Waals surface area contributed by atoms with Crippen LogP contribution in [0.3, 0.4) is 0 Å². The molecule has 0 spiro atoms. The van der Waals surface area contributed by atoms with Gasteiger partial charge in [-0.2, -0.15) is 0 Å². The first kappa shape index (κ1) is 17.4. The van der Waals surface area contributed by atoms with Gasteiger partial charge in [0.2, 0.25) is 0 Å². The summed E-state index contributed by atoms with van der Waals surface area (Å²) in [6.07, 6.45) is 0. The number of rotatable bonds is 3. The number of fused-ring (bicyclic) bond motifs is 1. The first-order chi connectivity index (χ1) is 13.1. The maximum atomic E-state index is 13.1. The lowest BCUT2D eigenvalue weighted by atomic mass is 10.0. The molecule has 3 nitrogen and oxygen atoms in total. The van der Waals surface area contributed by atoms with Crippen molar-refractivity contribution in [3.63, 3.8) is 0 Å². The van der Waals surface area contributed by atoms with Crippen molar-refractivity contribution in [1.82, 2.24) is 4.98 Å². The Hall–Kier alpha value is -3.05. The standard InChI is InChI=1S/C22H14BrFN2O/c23-15-6-11-20-18(12-15)19(13-21(26-20)14-4-2-1-3-5-14)22(27)25-17-9-7-16(24)8-10-17/h1-13H,(H,25,27). The van der Waals surface area contributed by atoms with Crippen molar-refractivity contribution < 1.29 is 9.18 Å². The summed E-state index contributed by atoms with van der Waals surface area (Å²) in [6, 6.07) is 22.8. The lowest BCUT2D eigenvalue weighted by molar-refractivity contribution is 0.102. The summed E-state index contributed by atoms with van der Waals surface area (Å²) in [5.41, 5.74) is 3.41. The number of benzene rings is 3. The van der Waals surface area contributed by atoms with Gasteiger partial charge in [-0.15, -0.1) is 0 Å². The fraction of sp³-hybridized carbons (Fsp3) is 0. The van der Waals surface area contributed by atoms with E-state index < -0.39 is 0 Å². The Labute approximate surface area is 164 Å². The van der Waals surface area contributed by atoms with Crippen molar-refractivity contribution in [2.24, 2.45) is 0 Å². The van der Waals surface area contributed by atoms with Crippen molar-refractivity contribution in [3.8, 4) is 11.3 Å². The topological polar surface area (TPSA) is 42.0 Å². The molecular weight excluding hydrogens is 407 g/mol. The predicted molar refractivity (Wildman–Crippen MR) is 109 cm³/mol. The molecule has 0 unspecified atom stereocenters. The number of aromatic nitrogens is 1. The Balaban J connectivity index is 1.82. The van der Waals surface area contributed by atoms with E-state index in [0.717, 1.165) is 26.6 Å². The zero-order valence-corrected chi connectivity index (χ0v) is 15.7. The van der Waals surface area contributed by atoms with E-state index in [1.54, 1.807) is 6.07 Å². The molecule has 0 aliphatic carbocycles. The van der Waals surface area contributed by atoms with E-state index in [-0.39, 0.29) is 11.7 Å². The summed E-state index contributed by atoms with van der Waals surface area (Å²) in [5, 5.41) is 3.57. The molecule has 132 valence electrons. The summed E-state index contributed by atoms with van der Waals surface area (Å²) in [4.78, 5) is 17.7. The van der Waals surface area contributed by atoms with Gasteiger partial charge in [0.25, 0.3) is 5.91 Å². The number of halogens is 2. The molecule has 1 heterocycles. The summed E-state index contributed by atoms with van der Waals surface area (Å²) in [7, 11) is 0. The third-order valence-corrected chi connectivity index (χ3v) is 4.68. The number of amides is 1. The van der Waals surface area contributed by atoms with E-state index in [0.29, 0.717) is 11.3 Å². The fourth-order valence-electron chi connectivity index (χ4n) is 2.87. The summed E-state index contributed by atoms with van der Waals surface area (Å²) < 4.78 is 14.0. The van der Waals surface area contributed by atoms with Crippen LogP contribution in [0.15, 0.2) is 83.3 Å². The minimum absolute atomic E-state index is 0.274. The molecule has 1 amide bonds. The Morgan fingerprint density at radius 3 is 2.41 bits per heavy atom. The van der Waals surface area contributed by atoms with Gasteiger partial charge in [0.15, 0.2) is 0 Å². The van der Waals surface area contributed by atoms with Gasteiger partial charge < -0.3 is 5.32 Å². The van der Waals surface area contributed by atoms with Crippen LogP contribution in [0.25, 0.3) is 22.2 Å². The van der Waals surface area contributed by atoms with E-state index in [1.807, 2.05) is 48.5 Å². The van der Waals surface area contributed by atoms with Crippen LogP contribution in [0.1, 0.15) is 10.4 Å². The average molecular weight is 421 g/mol. The van der Waals surface area contributed by atoms with Gasteiger partial charge in [0.05, 0.1) is 16.8 Å². The number of pyridine rings is 1. The van der Waals surface area contributed by atoms with Crippen molar-refractivity contribution >= 4 is 38.4 Å². The smallest absolute Gasteiger partial charge is 0.256 e. The quantitative estimate of drug-likeness (QED) is 0.437. The maximum Gasteiger partial charge on any atom is 0.256 e. The van der Waals surface area contributed by atoms with Gasteiger partial charge in [0, 0.05) is 21.1 Å². The van der Waals surface area contributed by atoms with Gasteiger partial charge in [-0.25, -0.2) is 9.37 Å². The predicted octanol–water partition coefficient (Wildman–Crippen LogP) is 6.06. The van der Waals surface area contributed by atoms with Gasteiger partial charge in [-0.3, -0.25) is 4.79 Å². The molecule has 0 bridgehead atoms. The molecule has 0 aliphatic rings. The lowest BCUT2D eigenvalue weighted by Crippen LogP contribution is -2.13. The Morgan fingerprint density at radius 2 is 1.67 bits per heavy atom. The van der Waals surface area contributed by atoms with Crippen LogP contribution >= 0.6 is 15.9 Å². The van der Waals surface area contributed by atoms with Crippen molar-refractivity contribution in [1.29, 1.82) is 0 Å². The molecule has 4 aromatic rings. The van der Waals surface area contributed by atoms with Crippen LogP contribution in [-0.4, -0.2) is 10.9 Å². The number of carbonyl (C=O) groups is 1. The average Bonchev–Trinajstić information content (AvgIpc) is 2.69. The summed E-state index contributed by atoms with van der Waals surface area (Å²) in [6.45, 7) is 0. The summed E-state index contributed by atoms with van der Waals surface area (Å²) in [5.74, 6) is -0.623. The third-order valence-electron chi connectivity index (χ3n) is 4.19. The van der Waals surface area contributed by atoms with E-state index in [9.17, 15) is 9.18 Å². The molecule has 3 aromatic carbocycles. The molecule has 0 atom stereocenters. The molecule has 0 fully saturated rings. The van der Waals surface area contributed by atoms with E-state index in [4.69, 9.17) is 4.98 Å². The molecule has 0 aliphatic heterocycles. The molecule has 27 heavy (non-hydrogen) atoms. The third kappa shape index (κ3) is 3.73. The number of anilines is 1. The molecule has 0 radical (unpaired) electrons. The van der Waals surface area contributed by atoms with Gasteiger partial charge in [-0.05, 0) is 48.5 Å². The zero-order valence-electron chi connectivity index (χ0n) is 14.1. The number of hydrogen-bond donors (Lipinski definition) is 1. The molecule has 1 aromatic heterocycles. The highest BCUT2D eigenvalue weighted by molar-refractivity contribution is 9.10. The van der Waals surface area contributed by atoms with Gasteiger partial charge in [0.1, 0.15) is 5.82 Å². The first-order valence-electron chi connectivity index (χ1n) is 8.33. The number of carbonyl (C=O) groups excluding carboxylic acids is 1. The van der Waals surface area contributed by atoms with E-state index in [1.165, 1.54) is 24.3 Å². The minimum atomic E-state index is -0.349. The van der Waals surface area contributed by atoms with Gasteiger partial charge in [-0.1, -0.05) is 46.3 Å². The highest BCUT2D eigenvalue weighted by Gasteiger charge is 2.15. The van der Waals surface area contributed by atoms with Crippen LogP contribution in [0.2, 0.25) is 0 Å². The van der Waals surface area contributed by atoms with Gasteiger partial charge >= 0.3 is 0 Å². The first-order valence-corrected chi connectivity index (χ1v) is 9.12. The molecule has 1 N–H and O–H groups in total. The molecule has 0 saturated heterocycles. The molecule has 4 rings (SSSR count). The highest BCUT2D eigenvalue weighted by atomic mass is 79.9. The van der Waals surface area contributed by atoms with Crippen LogP contribution < -0.4 is 5.32 Å². The second-order valence-corrected chi connectivity index (χ2v) is 6.96. The highest BCUT2D eigenvalue weighted by Crippen LogP contribution is 2.28. The maximum absolute atomic E-state index is 13.1. The SMILES string of the molecule is O=C(Nc1ccc(F)cc1)c1cc(-c2ccccc2)nc2ccc(Br)cc12. The second kappa shape index (κ2) is 7.29. The zero-order chi connectivity index (χ0) is 18.8. The Kier molecular flexibility index (Phi) is 4.69. The van der Waals surface area contributed by atoms with Crippen LogP contribution in [-0.2, 0) is 0 Å². The van der Waals surface area contributed by atoms with Crippen molar-refractivity contribution in [3.05, 3.63) is 94.7 Å². The largest absolute Gasteiger partial charge is 0.322 e. The van der Waals surface area contributed by atoms with Crippen LogP contribution in [0.4, 0.5) is 10.1 Å². The second-order valence-electron chi connectivity index (χ2n) is 6.04. The van der Waals surface area contributed by atoms with Crippen molar-refractivity contribution in [2.75, 3.05) is 5.32 Å². The Morgan fingerprint density at radius 1 is 0.926 bits per heavy atom. The van der Waals surface area contributed by atoms with E-state index in [2.05, 4.69) is 21.2 Å². The number of nitrogens with zero attached hydrogens (tertiary/aromatic N) is 1. The minimum Gasteiger partial charge on any atom is -0.322 e. The van der Waals surface area contributed by atoms with Crippen LogP contribution in [0.5, 0.6) is 0 Å². The number of nitrogens with one attached hydrogen (secondary N) is 1. The normalized spacial score (nSPS) is 10.7. The van der Waals surface area contributed by atoms with Crippen molar-refractivity contribution in [2.45, 2.75) is 0 Å². The lowest BCUT2D eigenvalue weighted by Gasteiger charge is -2.11. The Bertz CT molecular complexity index is 1130. The van der Waals surface area contributed by atoms with Crippen LogP contribution in [0, 0.1) is 5.82 Å². The monoisotopic (exact) mass is 420 g/mol. The number of hydrogen-bond acceptors (Lipinski definition) is 2. The molecule has 0 saturated carbocycles. The van der Waals surface area contributed by atoms with E-state index >= 15 is 0 Å². The molecular formula is C22H14BrFN2O.